The molecule has 0 saturated carbocycles. The normalized spacial score (nSPS) is 14.0. The van der Waals surface area contributed by atoms with Crippen LogP contribution < -0.4 is 10.9 Å². The second-order valence-corrected chi connectivity index (χ2v) is 6.63. The molecule has 134 valence electrons. The van der Waals surface area contributed by atoms with Gasteiger partial charge in [0.1, 0.15) is 11.5 Å². The van der Waals surface area contributed by atoms with Crippen LogP contribution in [0.2, 0.25) is 0 Å². The minimum atomic E-state index is -0.562. The zero-order chi connectivity index (χ0) is 18.7. The Morgan fingerprint density at radius 3 is 2.46 bits per heavy atom. The van der Waals surface area contributed by atoms with Crippen molar-refractivity contribution in [3.63, 3.8) is 0 Å². The number of thiophene rings is 1. The first-order valence-corrected chi connectivity index (χ1v) is 8.56. The number of hydrogen-bond donors (Lipinski definition) is 2. The molecule has 0 atom stereocenters. The third kappa shape index (κ3) is 3.94. The molecule has 2 aromatic rings. The van der Waals surface area contributed by atoms with E-state index in [4.69, 9.17) is 0 Å². The third-order valence-corrected chi connectivity index (χ3v) is 4.85. The summed E-state index contributed by atoms with van der Waals surface area (Å²) >= 11 is 1.22. The van der Waals surface area contributed by atoms with E-state index in [9.17, 15) is 18.8 Å². The van der Waals surface area contributed by atoms with Crippen LogP contribution >= 0.6 is 11.3 Å². The highest BCUT2D eigenvalue weighted by Crippen LogP contribution is 2.28. The average molecular weight is 374 g/mol. The molecule has 2 N–H and O–H groups in total. The van der Waals surface area contributed by atoms with Crippen molar-refractivity contribution in [2.45, 2.75) is 12.8 Å². The molecule has 0 fully saturated rings. The third-order valence-electron chi connectivity index (χ3n) is 3.72. The second-order valence-electron chi connectivity index (χ2n) is 5.54. The summed E-state index contributed by atoms with van der Waals surface area (Å²) < 4.78 is 13.0. The van der Waals surface area contributed by atoms with E-state index in [0.717, 1.165) is 15.4 Å². The van der Waals surface area contributed by atoms with E-state index < -0.39 is 11.8 Å². The molecule has 2 heterocycles. The van der Waals surface area contributed by atoms with E-state index in [1.54, 1.807) is 24.3 Å². The fraction of sp³-hybridized carbons (Fsp3) is 0.176. The number of benzene rings is 1. The van der Waals surface area contributed by atoms with Crippen LogP contribution in [0.1, 0.15) is 22.5 Å². The molecule has 9 heteroatoms. The van der Waals surface area contributed by atoms with Crippen molar-refractivity contribution in [1.82, 2.24) is 15.9 Å². The minimum absolute atomic E-state index is 0.169. The minimum Gasteiger partial charge on any atom is -0.273 e. The number of carbonyl (C=O) groups excluding carboxylic acids is 3. The number of hydrazine groups is 1. The van der Waals surface area contributed by atoms with Crippen LogP contribution in [0.5, 0.6) is 0 Å². The molecule has 1 aromatic carbocycles. The summed E-state index contributed by atoms with van der Waals surface area (Å²) in [5, 5.41) is 4.98. The Hall–Kier alpha value is -3.07. The Morgan fingerprint density at radius 1 is 1.08 bits per heavy atom. The number of nitrogens with zero attached hydrogens (tertiary/aromatic N) is 2. The summed E-state index contributed by atoms with van der Waals surface area (Å²) in [5.41, 5.74) is 5.58. The Kier molecular flexibility index (Phi) is 5.08. The van der Waals surface area contributed by atoms with Gasteiger partial charge in [-0.1, -0.05) is 12.1 Å². The van der Waals surface area contributed by atoms with Gasteiger partial charge in [-0.05, 0) is 29.8 Å². The molecule has 0 bridgehead atoms. The van der Waals surface area contributed by atoms with Crippen LogP contribution in [-0.2, 0) is 9.59 Å². The fourth-order valence-electron chi connectivity index (χ4n) is 2.31. The average Bonchev–Trinajstić information content (AvgIpc) is 3.12. The number of hydrazone groups is 1. The van der Waals surface area contributed by atoms with E-state index in [1.807, 2.05) is 0 Å². The predicted octanol–water partition coefficient (Wildman–Crippen LogP) is 1.92. The van der Waals surface area contributed by atoms with Crippen LogP contribution in [0.4, 0.5) is 4.39 Å². The molecule has 3 amide bonds. The molecular weight excluding hydrogens is 359 g/mol. The number of hydrogen-bond acceptors (Lipinski definition) is 5. The molecule has 1 aliphatic heterocycles. The summed E-state index contributed by atoms with van der Waals surface area (Å²) in [6.07, 6.45) is 0.418. The van der Waals surface area contributed by atoms with Crippen molar-refractivity contribution in [2.75, 3.05) is 7.05 Å². The number of rotatable bonds is 3. The molecule has 1 aromatic heterocycles. The zero-order valence-electron chi connectivity index (χ0n) is 13.8. The monoisotopic (exact) mass is 374 g/mol. The van der Waals surface area contributed by atoms with Gasteiger partial charge in [-0.15, -0.1) is 11.3 Å². The highest BCUT2D eigenvalue weighted by Gasteiger charge is 2.22. The number of carbonyl (C=O) groups is 3. The van der Waals surface area contributed by atoms with Crippen molar-refractivity contribution >= 4 is 34.8 Å². The maximum Gasteiger partial charge on any atom is 0.285 e. The fourth-order valence-corrected chi connectivity index (χ4v) is 3.22. The lowest BCUT2D eigenvalue weighted by Crippen LogP contribution is -2.46. The number of halogens is 1. The van der Waals surface area contributed by atoms with Gasteiger partial charge in [-0.2, -0.15) is 5.10 Å². The van der Waals surface area contributed by atoms with Gasteiger partial charge in [-0.3, -0.25) is 25.2 Å². The number of nitrogens with one attached hydrogen (secondary N) is 2. The standard InChI is InChI=1S/C17H15FN4O3S/c1-22-15(23)9-6-12(21-22)16(24)19-20-17(25)14-8-7-13(26-14)10-2-4-11(18)5-3-10/h2-5,7-8H,6,9H2,1H3,(H,19,24)(H,20,25). The van der Waals surface area contributed by atoms with Crippen molar-refractivity contribution < 1.29 is 18.8 Å². The van der Waals surface area contributed by atoms with Crippen molar-refractivity contribution in [1.29, 1.82) is 0 Å². The molecular formula is C17H15FN4O3S. The van der Waals surface area contributed by atoms with Gasteiger partial charge in [0, 0.05) is 24.8 Å². The number of amides is 3. The Morgan fingerprint density at radius 2 is 1.77 bits per heavy atom. The first-order valence-electron chi connectivity index (χ1n) is 7.74. The lowest BCUT2D eigenvalue weighted by atomic mass is 10.1. The Bertz CT molecular complexity index is 892. The van der Waals surface area contributed by atoms with Crippen LogP contribution in [-0.4, -0.2) is 35.5 Å². The van der Waals surface area contributed by atoms with Gasteiger partial charge in [0.25, 0.3) is 11.8 Å². The molecule has 0 aliphatic carbocycles. The molecule has 0 radical (unpaired) electrons. The van der Waals surface area contributed by atoms with E-state index in [0.29, 0.717) is 4.88 Å². The summed E-state index contributed by atoms with van der Waals surface area (Å²) in [6, 6.07) is 9.33. The van der Waals surface area contributed by atoms with E-state index in [2.05, 4.69) is 16.0 Å². The van der Waals surface area contributed by atoms with Crippen LogP contribution in [0.3, 0.4) is 0 Å². The molecule has 26 heavy (non-hydrogen) atoms. The molecule has 0 saturated heterocycles. The SMILES string of the molecule is CN1N=C(C(=O)NNC(=O)c2ccc(-c3ccc(F)cc3)s2)CCC1=O. The van der Waals surface area contributed by atoms with E-state index >= 15 is 0 Å². The summed E-state index contributed by atoms with van der Waals surface area (Å²) in [5.74, 6) is -1.54. The maximum atomic E-state index is 13.0. The summed E-state index contributed by atoms with van der Waals surface area (Å²) in [4.78, 5) is 36.7. The smallest absolute Gasteiger partial charge is 0.273 e. The lowest BCUT2D eigenvalue weighted by molar-refractivity contribution is -0.130. The van der Waals surface area contributed by atoms with Crippen LogP contribution in [0.15, 0.2) is 41.5 Å². The highest BCUT2D eigenvalue weighted by atomic mass is 32.1. The van der Waals surface area contributed by atoms with Gasteiger partial charge in [-0.25, -0.2) is 9.40 Å². The van der Waals surface area contributed by atoms with Gasteiger partial charge < -0.3 is 0 Å². The lowest BCUT2D eigenvalue weighted by Gasteiger charge is -2.18. The highest BCUT2D eigenvalue weighted by molar-refractivity contribution is 7.17. The molecule has 3 rings (SSSR count). The van der Waals surface area contributed by atoms with Gasteiger partial charge >= 0.3 is 0 Å². The largest absolute Gasteiger partial charge is 0.285 e. The molecule has 0 spiro atoms. The van der Waals surface area contributed by atoms with Crippen LogP contribution in [0, 0.1) is 5.82 Å². The summed E-state index contributed by atoms with van der Waals surface area (Å²) in [6.45, 7) is 0. The van der Waals surface area contributed by atoms with E-state index in [1.165, 1.54) is 30.5 Å². The second kappa shape index (κ2) is 7.44. The summed E-state index contributed by atoms with van der Waals surface area (Å²) in [7, 11) is 1.47. The Labute approximate surface area is 152 Å². The first-order chi connectivity index (χ1) is 12.4. The van der Waals surface area contributed by atoms with Gasteiger partial charge in [0.15, 0.2) is 0 Å². The van der Waals surface area contributed by atoms with Gasteiger partial charge in [0.05, 0.1) is 4.88 Å². The van der Waals surface area contributed by atoms with Crippen molar-refractivity contribution in [3.05, 3.63) is 47.1 Å². The molecule has 7 nitrogen and oxygen atoms in total. The molecule has 0 unspecified atom stereocenters. The topological polar surface area (TPSA) is 90.9 Å². The Balaban J connectivity index is 1.60. The van der Waals surface area contributed by atoms with Crippen LogP contribution in [0.25, 0.3) is 10.4 Å². The van der Waals surface area contributed by atoms with Crippen molar-refractivity contribution in [2.24, 2.45) is 5.10 Å². The van der Waals surface area contributed by atoms with Gasteiger partial charge in [0.2, 0.25) is 5.91 Å². The van der Waals surface area contributed by atoms with E-state index in [-0.39, 0.29) is 30.3 Å². The zero-order valence-corrected chi connectivity index (χ0v) is 14.6. The van der Waals surface area contributed by atoms with Crippen molar-refractivity contribution in [3.8, 4) is 10.4 Å². The quantitative estimate of drug-likeness (QED) is 0.804. The maximum absolute atomic E-state index is 13.0. The predicted molar refractivity (Wildman–Crippen MR) is 94.8 cm³/mol. The first kappa shape index (κ1) is 17.7. The molecule has 1 aliphatic rings.